The Morgan fingerprint density at radius 1 is 1.14 bits per heavy atom. The topological polar surface area (TPSA) is 68.0 Å². The zero-order valence-electron chi connectivity index (χ0n) is 10.8. The Bertz CT molecular complexity index is 800. The van der Waals surface area contributed by atoms with Crippen molar-refractivity contribution < 1.29 is 9.90 Å². The first-order chi connectivity index (χ1) is 10.2. The number of hydrogen-bond acceptors (Lipinski definition) is 3. The molecule has 21 heavy (non-hydrogen) atoms. The molecule has 0 saturated carbocycles. The van der Waals surface area contributed by atoms with Gasteiger partial charge >= 0.3 is 5.97 Å². The number of halogens is 1. The van der Waals surface area contributed by atoms with Gasteiger partial charge in [-0.2, -0.15) is 5.10 Å². The van der Waals surface area contributed by atoms with Gasteiger partial charge in [-0.05, 0) is 40.2 Å². The molecule has 3 rings (SSSR count). The van der Waals surface area contributed by atoms with Crippen LogP contribution in [0.1, 0.15) is 10.4 Å². The van der Waals surface area contributed by atoms with Gasteiger partial charge in [0.15, 0.2) is 0 Å². The molecule has 1 aromatic carbocycles. The van der Waals surface area contributed by atoms with Gasteiger partial charge in [0.2, 0.25) is 0 Å². The summed E-state index contributed by atoms with van der Waals surface area (Å²) < 4.78 is 2.40. The van der Waals surface area contributed by atoms with Gasteiger partial charge in [-0.15, -0.1) is 0 Å². The molecule has 0 amide bonds. The van der Waals surface area contributed by atoms with Crippen molar-refractivity contribution >= 4 is 21.9 Å². The van der Waals surface area contributed by atoms with E-state index in [1.165, 1.54) is 6.20 Å². The maximum Gasteiger partial charge on any atom is 0.339 e. The van der Waals surface area contributed by atoms with E-state index < -0.39 is 5.97 Å². The van der Waals surface area contributed by atoms with Gasteiger partial charge in [-0.3, -0.25) is 4.98 Å². The second-order valence-electron chi connectivity index (χ2n) is 4.33. The smallest absolute Gasteiger partial charge is 0.339 e. The van der Waals surface area contributed by atoms with Crippen molar-refractivity contribution in [3.05, 3.63) is 65.0 Å². The average Bonchev–Trinajstić information content (AvgIpc) is 2.94. The van der Waals surface area contributed by atoms with Crippen molar-refractivity contribution in [1.29, 1.82) is 0 Å². The van der Waals surface area contributed by atoms with Crippen LogP contribution in [0.15, 0.2) is 59.5 Å². The molecule has 0 fully saturated rings. The fourth-order valence-electron chi connectivity index (χ4n) is 2.01. The van der Waals surface area contributed by atoms with Crippen molar-refractivity contribution in [3.8, 4) is 16.9 Å². The predicted octanol–water partition coefficient (Wildman–Crippen LogP) is 3.40. The Balaban J connectivity index is 2.18. The summed E-state index contributed by atoms with van der Waals surface area (Å²) in [6.45, 7) is 0. The lowest BCUT2D eigenvalue weighted by molar-refractivity contribution is 0.0697. The predicted molar refractivity (Wildman–Crippen MR) is 81.5 cm³/mol. The minimum atomic E-state index is -1.01. The van der Waals surface area contributed by atoms with Crippen LogP contribution in [0.3, 0.4) is 0 Å². The van der Waals surface area contributed by atoms with Crippen molar-refractivity contribution in [2.45, 2.75) is 0 Å². The monoisotopic (exact) mass is 343 g/mol. The molecule has 3 aromatic rings. The molecule has 5 nitrogen and oxygen atoms in total. The van der Waals surface area contributed by atoms with Crippen LogP contribution in [0.2, 0.25) is 0 Å². The fraction of sp³-hybridized carbons (Fsp3) is 0. The van der Waals surface area contributed by atoms with Crippen molar-refractivity contribution in [2.75, 3.05) is 0 Å². The molecule has 104 valence electrons. The molecule has 0 bridgehead atoms. The van der Waals surface area contributed by atoms with Gasteiger partial charge in [0, 0.05) is 28.6 Å². The summed E-state index contributed by atoms with van der Waals surface area (Å²) in [5.74, 6) is -1.01. The maximum atomic E-state index is 11.4. The summed E-state index contributed by atoms with van der Waals surface area (Å²) in [7, 11) is 0. The van der Waals surface area contributed by atoms with Crippen LogP contribution in [0.4, 0.5) is 0 Å². The SMILES string of the molecule is O=C(O)c1cn(-c2ccccc2Br)nc1-c1ccncc1. The largest absolute Gasteiger partial charge is 0.478 e. The van der Waals surface area contributed by atoms with Gasteiger partial charge in [-0.1, -0.05) is 12.1 Å². The average molecular weight is 344 g/mol. The third-order valence-electron chi connectivity index (χ3n) is 3.00. The van der Waals surface area contributed by atoms with E-state index in [2.05, 4.69) is 26.0 Å². The first-order valence-corrected chi connectivity index (χ1v) is 6.94. The Kier molecular flexibility index (Phi) is 3.53. The number of hydrogen-bond donors (Lipinski definition) is 1. The molecule has 0 atom stereocenters. The quantitative estimate of drug-likeness (QED) is 0.791. The summed E-state index contributed by atoms with van der Waals surface area (Å²) in [5, 5.41) is 13.8. The third-order valence-corrected chi connectivity index (χ3v) is 3.67. The van der Waals surface area contributed by atoms with E-state index in [1.807, 2.05) is 24.3 Å². The van der Waals surface area contributed by atoms with Gasteiger partial charge in [0.05, 0.1) is 5.69 Å². The molecule has 0 aliphatic carbocycles. The van der Waals surface area contributed by atoms with E-state index in [4.69, 9.17) is 0 Å². The number of rotatable bonds is 3. The Morgan fingerprint density at radius 2 is 1.86 bits per heavy atom. The molecule has 2 heterocycles. The number of para-hydroxylation sites is 1. The highest BCUT2D eigenvalue weighted by molar-refractivity contribution is 9.10. The van der Waals surface area contributed by atoms with Crippen LogP contribution in [0.25, 0.3) is 16.9 Å². The second-order valence-corrected chi connectivity index (χ2v) is 5.18. The van der Waals surface area contributed by atoms with Crippen molar-refractivity contribution in [2.24, 2.45) is 0 Å². The highest BCUT2D eigenvalue weighted by Crippen LogP contribution is 2.26. The first-order valence-electron chi connectivity index (χ1n) is 6.15. The molecule has 0 aliphatic rings. The Hall–Kier alpha value is -2.47. The van der Waals surface area contributed by atoms with Crippen LogP contribution in [-0.4, -0.2) is 25.8 Å². The number of aromatic carboxylic acids is 1. The number of benzene rings is 1. The number of carboxylic acids is 1. The maximum absolute atomic E-state index is 11.4. The van der Waals surface area contributed by atoms with Crippen LogP contribution >= 0.6 is 15.9 Å². The molecule has 2 aromatic heterocycles. The van der Waals surface area contributed by atoms with Crippen LogP contribution < -0.4 is 0 Å². The summed E-state index contributed by atoms with van der Waals surface area (Å²) >= 11 is 3.44. The lowest BCUT2D eigenvalue weighted by Crippen LogP contribution is -1.96. The number of carboxylic acid groups (broad SMARTS) is 1. The fourth-order valence-corrected chi connectivity index (χ4v) is 2.48. The molecule has 0 aliphatic heterocycles. The van der Waals surface area contributed by atoms with Gasteiger partial charge in [0.25, 0.3) is 0 Å². The second kappa shape index (κ2) is 5.49. The van der Waals surface area contributed by atoms with Gasteiger partial charge in [0.1, 0.15) is 11.3 Å². The van der Waals surface area contributed by atoms with Gasteiger partial charge < -0.3 is 5.11 Å². The highest BCUT2D eigenvalue weighted by atomic mass is 79.9. The van der Waals surface area contributed by atoms with E-state index in [0.29, 0.717) is 11.3 Å². The van der Waals surface area contributed by atoms with Crippen LogP contribution in [0.5, 0.6) is 0 Å². The number of aromatic nitrogens is 3. The number of pyridine rings is 1. The number of nitrogens with zero attached hydrogens (tertiary/aromatic N) is 3. The van der Waals surface area contributed by atoms with Gasteiger partial charge in [-0.25, -0.2) is 9.48 Å². The summed E-state index contributed by atoms with van der Waals surface area (Å²) in [6, 6.07) is 11.0. The Morgan fingerprint density at radius 3 is 2.52 bits per heavy atom. The molecule has 0 saturated heterocycles. The summed E-state index contributed by atoms with van der Waals surface area (Å²) in [5.41, 5.74) is 2.06. The van der Waals surface area contributed by atoms with Crippen LogP contribution in [-0.2, 0) is 0 Å². The lowest BCUT2D eigenvalue weighted by atomic mass is 10.1. The Labute approximate surface area is 129 Å². The minimum absolute atomic E-state index is 0.150. The zero-order chi connectivity index (χ0) is 14.8. The zero-order valence-corrected chi connectivity index (χ0v) is 12.4. The molecule has 0 spiro atoms. The lowest BCUT2D eigenvalue weighted by Gasteiger charge is -2.03. The molecule has 6 heteroatoms. The number of carbonyl (C=O) groups is 1. The molecule has 0 radical (unpaired) electrons. The van der Waals surface area contributed by atoms with E-state index in [1.54, 1.807) is 29.2 Å². The molecule has 1 N–H and O–H groups in total. The standard InChI is InChI=1S/C15H10BrN3O2/c16-12-3-1-2-4-13(12)19-9-11(15(20)21)14(18-19)10-5-7-17-8-6-10/h1-9H,(H,20,21). The van der Waals surface area contributed by atoms with Crippen molar-refractivity contribution in [1.82, 2.24) is 14.8 Å². The molecule has 0 unspecified atom stereocenters. The van der Waals surface area contributed by atoms with Crippen molar-refractivity contribution in [3.63, 3.8) is 0 Å². The summed E-state index contributed by atoms with van der Waals surface area (Å²) in [6.07, 6.45) is 4.73. The van der Waals surface area contributed by atoms with E-state index in [0.717, 1.165) is 10.2 Å². The minimum Gasteiger partial charge on any atom is -0.478 e. The van der Waals surface area contributed by atoms with E-state index >= 15 is 0 Å². The first kappa shape index (κ1) is 13.5. The summed E-state index contributed by atoms with van der Waals surface area (Å²) in [4.78, 5) is 15.4. The molecular formula is C15H10BrN3O2. The third kappa shape index (κ3) is 2.57. The normalized spacial score (nSPS) is 10.5. The van der Waals surface area contributed by atoms with Crippen LogP contribution in [0, 0.1) is 0 Å². The molecular weight excluding hydrogens is 334 g/mol. The van der Waals surface area contributed by atoms with E-state index in [-0.39, 0.29) is 5.56 Å². The van der Waals surface area contributed by atoms with E-state index in [9.17, 15) is 9.90 Å². The highest BCUT2D eigenvalue weighted by Gasteiger charge is 2.18.